The van der Waals surface area contributed by atoms with E-state index in [1.165, 1.54) is 12.1 Å². The van der Waals surface area contributed by atoms with E-state index in [4.69, 9.17) is 4.74 Å². The van der Waals surface area contributed by atoms with E-state index in [9.17, 15) is 9.18 Å². The van der Waals surface area contributed by atoms with Crippen molar-refractivity contribution in [2.45, 2.75) is 13.3 Å². The van der Waals surface area contributed by atoms with E-state index in [2.05, 4.69) is 26.7 Å². The van der Waals surface area contributed by atoms with Crippen molar-refractivity contribution in [3.8, 4) is 5.75 Å². The fourth-order valence-electron chi connectivity index (χ4n) is 3.54. The van der Waals surface area contributed by atoms with Crippen LogP contribution in [0.2, 0.25) is 0 Å². The third-order valence-corrected chi connectivity index (χ3v) is 5.12. The quantitative estimate of drug-likeness (QED) is 0.273. The van der Waals surface area contributed by atoms with E-state index >= 15 is 0 Å². The minimum Gasteiger partial charge on any atom is -0.492 e. The predicted molar refractivity (Wildman–Crippen MR) is 129 cm³/mol. The van der Waals surface area contributed by atoms with Crippen LogP contribution in [-0.4, -0.2) is 30.0 Å². The number of amides is 1. The molecule has 6 nitrogen and oxygen atoms in total. The summed E-state index contributed by atoms with van der Waals surface area (Å²) < 4.78 is 19.8. The highest BCUT2D eigenvalue weighted by atomic mass is 19.1. The molecule has 3 aromatic carbocycles. The molecule has 3 N–H and O–H groups in total. The van der Waals surface area contributed by atoms with Gasteiger partial charge in [-0.25, -0.2) is 4.39 Å². The molecule has 0 aliphatic carbocycles. The van der Waals surface area contributed by atoms with Gasteiger partial charge in [-0.05, 0) is 49.2 Å². The molecule has 0 spiro atoms. The minimum absolute atomic E-state index is 0.0540. The minimum atomic E-state index is -0.595. The van der Waals surface area contributed by atoms with Gasteiger partial charge in [0, 0.05) is 23.6 Å². The zero-order chi connectivity index (χ0) is 23.0. The van der Waals surface area contributed by atoms with E-state index in [-0.39, 0.29) is 11.5 Å². The highest BCUT2D eigenvalue weighted by molar-refractivity contribution is 6.10. The summed E-state index contributed by atoms with van der Waals surface area (Å²) in [5, 5.41) is 6.98. The molecule has 4 aromatic rings. The SMILES string of the molecule is CCOc1ccccc1NC(=NCCc1c[nH]c2ccccc12)NC(=O)c1ccccc1F. The molecule has 7 heteroatoms. The van der Waals surface area contributed by atoms with Gasteiger partial charge >= 0.3 is 0 Å². The topological polar surface area (TPSA) is 78.5 Å². The first-order valence-corrected chi connectivity index (χ1v) is 10.8. The molecule has 0 radical (unpaired) electrons. The van der Waals surface area contributed by atoms with Crippen LogP contribution in [0.25, 0.3) is 10.9 Å². The lowest BCUT2D eigenvalue weighted by atomic mass is 10.1. The van der Waals surface area contributed by atoms with Crippen LogP contribution in [0.1, 0.15) is 22.8 Å². The number of rotatable bonds is 7. The molecule has 0 aliphatic rings. The van der Waals surface area contributed by atoms with Crippen LogP contribution in [-0.2, 0) is 6.42 Å². The maximum Gasteiger partial charge on any atom is 0.260 e. The molecule has 0 saturated carbocycles. The number of anilines is 1. The number of para-hydroxylation sites is 3. The largest absolute Gasteiger partial charge is 0.492 e. The van der Waals surface area contributed by atoms with Gasteiger partial charge in [-0.3, -0.25) is 15.1 Å². The molecule has 0 unspecified atom stereocenters. The maximum atomic E-state index is 14.1. The van der Waals surface area contributed by atoms with Gasteiger partial charge < -0.3 is 15.0 Å². The summed E-state index contributed by atoms with van der Waals surface area (Å²) in [6.45, 7) is 2.80. The molecule has 1 heterocycles. The van der Waals surface area contributed by atoms with Gasteiger partial charge in [-0.2, -0.15) is 0 Å². The second-order valence-corrected chi connectivity index (χ2v) is 7.33. The number of aromatic amines is 1. The third kappa shape index (κ3) is 5.38. The molecule has 1 aromatic heterocycles. The van der Waals surface area contributed by atoms with Gasteiger partial charge in [-0.1, -0.05) is 42.5 Å². The molecular formula is C26H25FN4O2. The average molecular weight is 445 g/mol. The number of ether oxygens (including phenoxy) is 1. The van der Waals surface area contributed by atoms with Crippen molar-refractivity contribution in [2.24, 2.45) is 4.99 Å². The summed E-state index contributed by atoms with van der Waals surface area (Å²) in [4.78, 5) is 20.6. The third-order valence-electron chi connectivity index (χ3n) is 5.12. The van der Waals surface area contributed by atoms with E-state index in [0.717, 1.165) is 16.5 Å². The molecule has 0 bridgehead atoms. The molecule has 33 heavy (non-hydrogen) atoms. The monoisotopic (exact) mass is 444 g/mol. The molecule has 0 atom stereocenters. The first kappa shape index (κ1) is 22.1. The number of nitrogens with zero attached hydrogens (tertiary/aromatic N) is 1. The fourth-order valence-corrected chi connectivity index (χ4v) is 3.54. The summed E-state index contributed by atoms with van der Waals surface area (Å²) in [6, 6.07) is 21.3. The zero-order valence-corrected chi connectivity index (χ0v) is 18.3. The highest BCUT2D eigenvalue weighted by Crippen LogP contribution is 2.24. The van der Waals surface area contributed by atoms with Crippen LogP contribution in [0.4, 0.5) is 10.1 Å². The first-order valence-electron chi connectivity index (χ1n) is 10.8. The number of carbonyl (C=O) groups excluding carboxylic acids is 1. The molecule has 0 aliphatic heterocycles. The number of carbonyl (C=O) groups is 1. The molecule has 168 valence electrons. The Kier molecular flexibility index (Phi) is 6.99. The number of nitrogens with one attached hydrogen (secondary N) is 3. The molecule has 1 amide bonds. The Hall–Kier alpha value is -4.13. The van der Waals surface area contributed by atoms with Crippen LogP contribution < -0.4 is 15.4 Å². The van der Waals surface area contributed by atoms with E-state index in [1.807, 2.05) is 55.6 Å². The Morgan fingerprint density at radius 1 is 1.03 bits per heavy atom. The number of fused-ring (bicyclic) bond motifs is 1. The lowest BCUT2D eigenvalue weighted by Gasteiger charge is -2.15. The van der Waals surface area contributed by atoms with Crippen molar-refractivity contribution in [2.75, 3.05) is 18.5 Å². The van der Waals surface area contributed by atoms with Crippen molar-refractivity contribution in [3.05, 3.63) is 95.9 Å². The van der Waals surface area contributed by atoms with E-state index in [1.54, 1.807) is 12.1 Å². The van der Waals surface area contributed by atoms with Gasteiger partial charge in [0.1, 0.15) is 11.6 Å². The van der Waals surface area contributed by atoms with Crippen molar-refractivity contribution >= 4 is 28.5 Å². The Labute approximate surface area is 191 Å². The van der Waals surface area contributed by atoms with Crippen molar-refractivity contribution in [1.82, 2.24) is 10.3 Å². The summed E-state index contributed by atoms with van der Waals surface area (Å²) >= 11 is 0. The fraction of sp³-hybridized carbons (Fsp3) is 0.154. The zero-order valence-electron chi connectivity index (χ0n) is 18.3. The number of aromatic nitrogens is 1. The van der Waals surface area contributed by atoms with Gasteiger partial charge in [0.2, 0.25) is 5.96 Å². The standard InChI is InChI=1S/C26H25FN4O2/c1-2-33-24-14-8-7-13-23(24)30-26(31-25(32)20-10-3-5-11-21(20)27)28-16-15-18-17-29-22-12-6-4-9-19(18)22/h3-14,17,29H,2,15-16H2,1H3,(H2,28,30,31,32). The van der Waals surface area contributed by atoms with E-state index in [0.29, 0.717) is 31.0 Å². The number of halogens is 1. The number of aliphatic imine (C=N–C) groups is 1. The average Bonchev–Trinajstić information content (AvgIpc) is 3.24. The Morgan fingerprint density at radius 3 is 2.64 bits per heavy atom. The number of guanidine groups is 1. The smallest absolute Gasteiger partial charge is 0.260 e. The number of hydrogen-bond donors (Lipinski definition) is 3. The number of benzene rings is 3. The summed E-state index contributed by atoms with van der Waals surface area (Å²) in [6.07, 6.45) is 2.63. The van der Waals surface area contributed by atoms with Crippen LogP contribution in [0.15, 0.2) is 84.0 Å². The van der Waals surface area contributed by atoms with Crippen molar-refractivity contribution in [1.29, 1.82) is 0 Å². The van der Waals surface area contributed by atoms with Gasteiger partial charge in [-0.15, -0.1) is 0 Å². The second-order valence-electron chi connectivity index (χ2n) is 7.33. The summed E-state index contributed by atoms with van der Waals surface area (Å²) in [7, 11) is 0. The van der Waals surface area contributed by atoms with Gasteiger partial charge in [0.15, 0.2) is 0 Å². The van der Waals surface area contributed by atoms with Crippen molar-refractivity contribution in [3.63, 3.8) is 0 Å². The van der Waals surface area contributed by atoms with Crippen LogP contribution in [0, 0.1) is 5.82 Å². The lowest BCUT2D eigenvalue weighted by molar-refractivity contribution is 0.0973. The normalized spacial score (nSPS) is 11.4. The molecule has 0 saturated heterocycles. The number of hydrogen-bond acceptors (Lipinski definition) is 3. The number of H-pyrrole nitrogens is 1. The lowest BCUT2D eigenvalue weighted by Crippen LogP contribution is -2.36. The van der Waals surface area contributed by atoms with Crippen LogP contribution in [0.3, 0.4) is 0 Å². The van der Waals surface area contributed by atoms with Gasteiger partial charge in [0.25, 0.3) is 5.91 Å². The summed E-state index contributed by atoms with van der Waals surface area (Å²) in [5.74, 6) is -0.331. The Balaban J connectivity index is 1.56. The predicted octanol–water partition coefficient (Wildman–Crippen LogP) is 5.15. The highest BCUT2D eigenvalue weighted by Gasteiger charge is 2.14. The second kappa shape index (κ2) is 10.5. The van der Waals surface area contributed by atoms with Crippen LogP contribution >= 0.6 is 0 Å². The first-order chi connectivity index (χ1) is 16.2. The summed E-state index contributed by atoms with van der Waals surface area (Å²) in [5.41, 5.74) is 2.79. The van der Waals surface area contributed by atoms with Crippen LogP contribution in [0.5, 0.6) is 5.75 Å². The molecular weight excluding hydrogens is 419 g/mol. The maximum absolute atomic E-state index is 14.1. The molecule has 4 rings (SSSR count). The van der Waals surface area contributed by atoms with Gasteiger partial charge in [0.05, 0.1) is 17.9 Å². The van der Waals surface area contributed by atoms with E-state index < -0.39 is 11.7 Å². The van der Waals surface area contributed by atoms with Crippen molar-refractivity contribution < 1.29 is 13.9 Å². The Morgan fingerprint density at radius 2 is 1.79 bits per heavy atom. The Bertz CT molecular complexity index is 1280. The molecule has 0 fully saturated rings.